The van der Waals surface area contributed by atoms with Crippen molar-refractivity contribution >= 4 is 53.4 Å². The highest BCUT2D eigenvalue weighted by atomic mass is 32.1. The van der Waals surface area contributed by atoms with Gasteiger partial charge in [-0.2, -0.15) is 0 Å². The fourth-order valence-electron chi connectivity index (χ4n) is 7.83. The Labute approximate surface area is 327 Å². The fourth-order valence-corrected chi connectivity index (χ4v) is 9.06. The Kier molecular flexibility index (Phi) is 7.64. The highest BCUT2D eigenvalue weighted by Crippen LogP contribution is 2.44. The number of hydrogen-bond donors (Lipinski definition) is 0. The van der Waals surface area contributed by atoms with Gasteiger partial charge in [-0.05, 0) is 64.2 Å². The molecule has 8 aromatic carbocycles. The number of fused-ring (bicyclic) bond motifs is 6. The zero-order valence-corrected chi connectivity index (χ0v) is 30.9. The largest absolute Gasteiger partial charge is 0.456 e. The van der Waals surface area contributed by atoms with Crippen LogP contribution in [0.25, 0.3) is 110 Å². The first kappa shape index (κ1) is 32.2. The smallest absolute Gasteiger partial charge is 0.164 e. The summed E-state index contributed by atoms with van der Waals surface area (Å²) in [5.74, 6) is 1.79. The minimum atomic E-state index is 0.581. The van der Waals surface area contributed by atoms with E-state index in [-0.39, 0.29) is 0 Å². The third kappa shape index (κ3) is 5.56. The molecule has 3 heterocycles. The van der Waals surface area contributed by atoms with Gasteiger partial charge in [-0.1, -0.05) is 152 Å². The number of furan rings is 1. The van der Waals surface area contributed by atoms with Crippen molar-refractivity contribution in [3.8, 4) is 67.5 Å². The number of hydrogen-bond acceptors (Lipinski definition) is 5. The maximum absolute atomic E-state index is 6.31. The molecule has 11 rings (SSSR count). The molecule has 0 atom stereocenters. The second-order valence-corrected chi connectivity index (χ2v) is 15.0. The third-order valence-electron chi connectivity index (χ3n) is 10.6. The maximum atomic E-state index is 6.31. The summed E-state index contributed by atoms with van der Waals surface area (Å²) in [7, 11) is 0. The van der Waals surface area contributed by atoms with Gasteiger partial charge in [0.2, 0.25) is 0 Å². The van der Waals surface area contributed by atoms with Gasteiger partial charge >= 0.3 is 0 Å². The van der Waals surface area contributed by atoms with Crippen LogP contribution in [0.4, 0.5) is 0 Å². The van der Waals surface area contributed by atoms with E-state index < -0.39 is 0 Å². The molecule has 0 bridgehead atoms. The molecule has 11 aromatic rings. The first-order valence-electron chi connectivity index (χ1n) is 18.7. The molecule has 0 unspecified atom stereocenters. The molecular weight excluding hydrogens is 703 g/mol. The van der Waals surface area contributed by atoms with Crippen molar-refractivity contribution in [3.05, 3.63) is 188 Å². The number of aromatic nitrogens is 3. The van der Waals surface area contributed by atoms with Crippen molar-refractivity contribution in [2.75, 3.05) is 0 Å². The number of nitrogens with zero attached hydrogens (tertiary/aromatic N) is 3. The van der Waals surface area contributed by atoms with Crippen LogP contribution in [0.5, 0.6) is 0 Å². The molecule has 56 heavy (non-hydrogen) atoms. The van der Waals surface area contributed by atoms with Gasteiger partial charge in [0.1, 0.15) is 11.2 Å². The average molecular weight is 734 g/mol. The minimum Gasteiger partial charge on any atom is -0.456 e. The molecular formula is C51H31N3OS. The third-order valence-corrected chi connectivity index (χ3v) is 11.8. The standard InChI is InChI=1S/C51H31N3OS/c1-3-13-32(14-4-1)34-17-11-18-35(29-34)49-52-50(54-51(53-49)37-26-28-40-39-19-7-9-23-45(39)55-46(40)31-37)36-25-27-38(44(30-36)33-15-5-2-6-16-33)42-21-12-22-43-41-20-8-10-24-47(41)56-48(42)43/h1-31H. The van der Waals surface area contributed by atoms with E-state index in [2.05, 4.69) is 158 Å². The van der Waals surface area contributed by atoms with Crippen LogP contribution in [0, 0.1) is 0 Å². The van der Waals surface area contributed by atoms with Gasteiger partial charge in [0.15, 0.2) is 17.5 Å². The van der Waals surface area contributed by atoms with E-state index in [4.69, 9.17) is 19.4 Å². The second-order valence-electron chi connectivity index (χ2n) is 14.0. The van der Waals surface area contributed by atoms with E-state index in [0.29, 0.717) is 17.5 Å². The lowest BCUT2D eigenvalue weighted by Crippen LogP contribution is -2.01. The lowest BCUT2D eigenvalue weighted by atomic mass is 9.92. The molecule has 0 spiro atoms. The molecule has 0 N–H and O–H groups in total. The molecule has 0 aliphatic rings. The van der Waals surface area contributed by atoms with Gasteiger partial charge < -0.3 is 4.42 Å². The lowest BCUT2D eigenvalue weighted by Gasteiger charge is -2.14. The van der Waals surface area contributed by atoms with Crippen LogP contribution in [0.2, 0.25) is 0 Å². The van der Waals surface area contributed by atoms with E-state index in [1.165, 1.54) is 25.7 Å². The molecule has 0 fully saturated rings. The molecule has 0 saturated carbocycles. The Morgan fingerprint density at radius 2 is 0.893 bits per heavy atom. The molecule has 0 radical (unpaired) electrons. The van der Waals surface area contributed by atoms with Crippen LogP contribution in [0.15, 0.2) is 192 Å². The monoisotopic (exact) mass is 733 g/mol. The zero-order valence-electron chi connectivity index (χ0n) is 30.1. The maximum Gasteiger partial charge on any atom is 0.164 e. The Morgan fingerprint density at radius 1 is 0.321 bits per heavy atom. The number of rotatable bonds is 6. The summed E-state index contributed by atoms with van der Waals surface area (Å²) >= 11 is 1.85. The molecule has 0 saturated heterocycles. The van der Waals surface area contributed by atoms with Gasteiger partial charge in [0.05, 0.1) is 0 Å². The van der Waals surface area contributed by atoms with E-state index in [1.54, 1.807) is 0 Å². The summed E-state index contributed by atoms with van der Waals surface area (Å²) in [6, 6.07) is 65.7. The minimum absolute atomic E-state index is 0.581. The summed E-state index contributed by atoms with van der Waals surface area (Å²) in [6.07, 6.45) is 0. The van der Waals surface area contributed by atoms with Crippen molar-refractivity contribution in [2.45, 2.75) is 0 Å². The van der Waals surface area contributed by atoms with Gasteiger partial charge in [0.25, 0.3) is 0 Å². The molecule has 262 valence electrons. The Morgan fingerprint density at radius 3 is 1.70 bits per heavy atom. The van der Waals surface area contributed by atoms with Gasteiger partial charge in [-0.3, -0.25) is 0 Å². The summed E-state index contributed by atoms with van der Waals surface area (Å²) in [6.45, 7) is 0. The normalized spacial score (nSPS) is 11.6. The lowest BCUT2D eigenvalue weighted by molar-refractivity contribution is 0.669. The predicted octanol–water partition coefficient (Wildman–Crippen LogP) is 14.1. The topological polar surface area (TPSA) is 51.8 Å². The van der Waals surface area contributed by atoms with Crippen LogP contribution in [-0.4, -0.2) is 15.0 Å². The van der Waals surface area contributed by atoms with Crippen LogP contribution in [0.1, 0.15) is 0 Å². The van der Waals surface area contributed by atoms with Crippen LogP contribution < -0.4 is 0 Å². The highest BCUT2D eigenvalue weighted by Gasteiger charge is 2.19. The highest BCUT2D eigenvalue weighted by molar-refractivity contribution is 7.26. The number of thiophene rings is 1. The summed E-state index contributed by atoms with van der Waals surface area (Å²) < 4.78 is 8.88. The number of benzene rings is 8. The van der Waals surface area contributed by atoms with Crippen molar-refractivity contribution in [1.82, 2.24) is 15.0 Å². The quantitative estimate of drug-likeness (QED) is 0.171. The van der Waals surface area contributed by atoms with E-state index in [9.17, 15) is 0 Å². The summed E-state index contributed by atoms with van der Waals surface area (Å²) in [5, 5.41) is 4.71. The molecule has 3 aromatic heterocycles. The molecule has 0 aliphatic heterocycles. The average Bonchev–Trinajstić information content (AvgIpc) is 3.85. The van der Waals surface area contributed by atoms with E-state index in [0.717, 1.165) is 66.4 Å². The van der Waals surface area contributed by atoms with Gasteiger partial charge in [-0.25, -0.2) is 15.0 Å². The van der Waals surface area contributed by atoms with Crippen molar-refractivity contribution in [3.63, 3.8) is 0 Å². The molecule has 4 nitrogen and oxygen atoms in total. The first-order valence-corrected chi connectivity index (χ1v) is 19.5. The van der Waals surface area contributed by atoms with E-state index >= 15 is 0 Å². The molecule has 0 aliphatic carbocycles. The van der Waals surface area contributed by atoms with Gasteiger partial charge in [0, 0.05) is 53.2 Å². The molecule has 0 amide bonds. The second kappa shape index (κ2) is 13.3. The SMILES string of the molecule is c1ccc(-c2cccc(-c3nc(-c4ccc(-c5cccc6c5sc5ccccc56)c(-c5ccccc5)c4)nc(-c4ccc5c(c4)oc4ccccc45)n3)c2)cc1. The Balaban J connectivity index is 1.11. The fraction of sp³-hybridized carbons (Fsp3) is 0. The van der Waals surface area contributed by atoms with Crippen molar-refractivity contribution in [1.29, 1.82) is 0 Å². The summed E-state index contributed by atoms with van der Waals surface area (Å²) in [4.78, 5) is 15.5. The molecule has 5 heteroatoms. The Bertz CT molecular complexity index is 3260. The van der Waals surface area contributed by atoms with Crippen LogP contribution >= 0.6 is 11.3 Å². The van der Waals surface area contributed by atoms with Crippen LogP contribution in [0.3, 0.4) is 0 Å². The van der Waals surface area contributed by atoms with Crippen molar-refractivity contribution in [2.24, 2.45) is 0 Å². The summed E-state index contributed by atoms with van der Waals surface area (Å²) in [5.41, 5.74) is 11.2. The van der Waals surface area contributed by atoms with E-state index in [1.807, 2.05) is 41.7 Å². The first-order chi connectivity index (χ1) is 27.7. The Hall–Kier alpha value is -7.21. The van der Waals surface area contributed by atoms with Gasteiger partial charge in [-0.15, -0.1) is 11.3 Å². The van der Waals surface area contributed by atoms with Crippen molar-refractivity contribution < 1.29 is 4.42 Å². The number of para-hydroxylation sites is 1. The predicted molar refractivity (Wildman–Crippen MR) is 233 cm³/mol. The zero-order chi connectivity index (χ0) is 37.0. The van der Waals surface area contributed by atoms with Crippen LogP contribution in [-0.2, 0) is 0 Å².